The second kappa shape index (κ2) is 3.96. The van der Waals surface area contributed by atoms with Gasteiger partial charge in [-0.3, -0.25) is 0 Å². The number of nitrogens with two attached hydrogens (primary N) is 1. The molecule has 2 rings (SSSR count). The molecule has 2 atom stereocenters. The molecular formula is C11H15FN2. The van der Waals surface area contributed by atoms with Crippen LogP contribution in [0.25, 0.3) is 0 Å². The number of hydrogen-bond acceptors (Lipinski definition) is 2. The first-order valence-electron chi connectivity index (χ1n) is 5.03. The zero-order chi connectivity index (χ0) is 9.97. The van der Waals surface area contributed by atoms with E-state index in [9.17, 15) is 4.39 Å². The number of anilines is 1. The van der Waals surface area contributed by atoms with Gasteiger partial charge in [0.1, 0.15) is 5.82 Å². The Bertz CT molecular complexity index is 297. The number of rotatable bonds is 2. The van der Waals surface area contributed by atoms with Crippen LogP contribution in [0.5, 0.6) is 0 Å². The maximum Gasteiger partial charge on any atom is 0.123 e. The molecule has 1 aliphatic carbocycles. The molecule has 0 spiro atoms. The van der Waals surface area contributed by atoms with Crippen molar-refractivity contribution in [3.8, 4) is 0 Å². The Morgan fingerprint density at radius 3 is 2.50 bits per heavy atom. The van der Waals surface area contributed by atoms with Crippen LogP contribution in [-0.4, -0.2) is 12.1 Å². The Balaban J connectivity index is 2.00. The van der Waals surface area contributed by atoms with E-state index in [2.05, 4.69) is 5.32 Å². The normalized spacial score (nSPS) is 26.4. The number of hydrogen-bond donors (Lipinski definition) is 2. The van der Waals surface area contributed by atoms with Crippen LogP contribution in [0.15, 0.2) is 24.3 Å². The van der Waals surface area contributed by atoms with Crippen molar-refractivity contribution in [2.45, 2.75) is 31.3 Å². The maximum absolute atomic E-state index is 12.6. The van der Waals surface area contributed by atoms with E-state index in [1.165, 1.54) is 18.6 Å². The van der Waals surface area contributed by atoms with E-state index in [1.54, 1.807) is 12.1 Å². The van der Waals surface area contributed by atoms with Gasteiger partial charge in [0.25, 0.3) is 0 Å². The van der Waals surface area contributed by atoms with Gasteiger partial charge in [-0.1, -0.05) is 0 Å². The second-order valence-corrected chi connectivity index (χ2v) is 3.85. The summed E-state index contributed by atoms with van der Waals surface area (Å²) in [4.78, 5) is 0. The third-order valence-electron chi connectivity index (χ3n) is 2.77. The summed E-state index contributed by atoms with van der Waals surface area (Å²) in [7, 11) is 0. The Morgan fingerprint density at radius 1 is 1.21 bits per heavy atom. The largest absolute Gasteiger partial charge is 0.381 e. The third-order valence-corrected chi connectivity index (χ3v) is 2.77. The summed E-state index contributed by atoms with van der Waals surface area (Å²) in [6.07, 6.45) is 3.37. The van der Waals surface area contributed by atoms with Crippen molar-refractivity contribution in [2.24, 2.45) is 5.73 Å². The molecule has 2 nitrogen and oxygen atoms in total. The minimum absolute atomic E-state index is 0.203. The SMILES string of the molecule is N[C@@H]1CCC[C@H]1Nc1ccc(F)cc1. The average Bonchev–Trinajstić information content (AvgIpc) is 2.56. The molecule has 3 heteroatoms. The minimum Gasteiger partial charge on any atom is -0.381 e. The zero-order valence-corrected chi connectivity index (χ0v) is 8.04. The third kappa shape index (κ3) is 2.04. The molecule has 0 amide bonds. The molecule has 1 saturated carbocycles. The summed E-state index contributed by atoms with van der Waals surface area (Å²) >= 11 is 0. The first-order chi connectivity index (χ1) is 6.75. The fourth-order valence-corrected chi connectivity index (χ4v) is 1.93. The number of halogens is 1. The van der Waals surface area contributed by atoms with Crippen molar-refractivity contribution < 1.29 is 4.39 Å². The highest BCUT2D eigenvalue weighted by Gasteiger charge is 2.23. The molecule has 0 heterocycles. The summed E-state index contributed by atoms with van der Waals surface area (Å²) < 4.78 is 12.6. The highest BCUT2D eigenvalue weighted by molar-refractivity contribution is 5.44. The molecule has 1 aliphatic rings. The standard InChI is InChI=1S/C11H15FN2/c12-8-4-6-9(7-5-8)14-11-3-1-2-10(11)13/h4-7,10-11,14H,1-3,13H2/t10-,11-/m1/s1. The van der Waals surface area contributed by atoms with Gasteiger partial charge in [0.15, 0.2) is 0 Å². The fraction of sp³-hybridized carbons (Fsp3) is 0.455. The Morgan fingerprint density at radius 2 is 1.93 bits per heavy atom. The van der Waals surface area contributed by atoms with Crippen LogP contribution in [-0.2, 0) is 0 Å². The van der Waals surface area contributed by atoms with Gasteiger partial charge in [-0.2, -0.15) is 0 Å². The predicted molar refractivity (Wildman–Crippen MR) is 55.6 cm³/mol. The second-order valence-electron chi connectivity index (χ2n) is 3.85. The lowest BCUT2D eigenvalue weighted by Crippen LogP contribution is -2.35. The molecule has 1 aromatic carbocycles. The van der Waals surface area contributed by atoms with Crippen molar-refractivity contribution in [2.75, 3.05) is 5.32 Å². The van der Waals surface area contributed by atoms with Crippen LogP contribution >= 0.6 is 0 Å². The van der Waals surface area contributed by atoms with Crippen molar-refractivity contribution in [1.29, 1.82) is 0 Å². The molecule has 76 valence electrons. The van der Waals surface area contributed by atoms with E-state index >= 15 is 0 Å². The summed E-state index contributed by atoms with van der Waals surface area (Å²) in [5, 5.41) is 3.33. The lowest BCUT2D eigenvalue weighted by molar-refractivity contribution is 0.625. The minimum atomic E-state index is -0.203. The molecule has 0 unspecified atom stereocenters. The Kier molecular flexibility index (Phi) is 2.68. The van der Waals surface area contributed by atoms with Crippen molar-refractivity contribution >= 4 is 5.69 Å². The molecule has 0 saturated heterocycles. The van der Waals surface area contributed by atoms with E-state index in [0.717, 1.165) is 18.5 Å². The van der Waals surface area contributed by atoms with Crippen molar-refractivity contribution in [3.05, 3.63) is 30.1 Å². The molecule has 0 bridgehead atoms. The van der Waals surface area contributed by atoms with Crippen molar-refractivity contribution in [1.82, 2.24) is 0 Å². The highest BCUT2D eigenvalue weighted by atomic mass is 19.1. The summed E-state index contributed by atoms with van der Waals surface area (Å²) in [5.74, 6) is -0.203. The van der Waals surface area contributed by atoms with Crippen molar-refractivity contribution in [3.63, 3.8) is 0 Å². The van der Waals surface area contributed by atoms with Gasteiger partial charge < -0.3 is 11.1 Å². The topological polar surface area (TPSA) is 38.0 Å². The van der Waals surface area contributed by atoms with Crippen LogP contribution in [0, 0.1) is 5.82 Å². The summed E-state index contributed by atoms with van der Waals surface area (Å²) in [6.45, 7) is 0. The molecule has 3 N–H and O–H groups in total. The van der Waals surface area contributed by atoms with Gasteiger partial charge >= 0.3 is 0 Å². The van der Waals surface area contributed by atoms with Gasteiger partial charge in [-0.15, -0.1) is 0 Å². The smallest absolute Gasteiger partial charge is 0.123 e. The van der Waals surface area contributed by atoms with Crippen LogP contribution in [0.4, 0.5) is 10.1 Å². The summed E-state index contributed by atoms with van der Waals surface area (Å²) in [6, 6.07) is 7.01. The van der Waals surface area contributed by atoms with Crippen LogP contribution in [0.1, 0.15) is 19.3 Å². The lowest BCUT2D eigenvalue weighted by Gasteiger charge is -2.18. The highest BCUT2D eigenvalue weighted by Crippen LogP contribution is 2.21. The number of benzene rings is 1. The zero-order valence-electron chi connectivity index (χ0n) is 8.04. The first kappa shape index (κ1) is 9.46. The molecule has 0 aromatic heterocycles. The van der Waals surface area contributed by atoms with Gasteiger partial charge in [0.05, 0.1) is 0 Å². The number of nitrogens with one attached hydrogen (secondary N) is 1. The van der Waals surface area contributed by atoms with Crippen LogP contribution in [0.2, 0.25) is 0 Å². The van der Waals surface area contributed by atoms with Gasteiger partial charge in [0.2, 0.25) is 0 Å². The average molecular weight is 194 g/mol. The van der Waals surface area contributed by atoms with E-state index < -0.39 is 0 Å². The summed E-state index contributed by atoms with van der Waals surface area (Å²) in [5.41, 5.74) is 6.87. The van der Waals surface area contributed by atoms with Gasteiger partial charge in [-0.05, 0) is 43.5 Å². The van der Waals surface area contributed by atoms with Crippen LogP contribution < -0.4 is 11.1 Å². The maximum atomic E-state index is 12.6. The quantitative estimate of drug-likeness (QED) is 0.756. The van der Waals surface area contributed by atoms with Gasteiger partial charge in [-0.25, -0.2) is 4.39 Å². The first-order valence-corrected chi connectivity index (χ1v) is 5.03. The fourth-order valence-electron chi connectivity index (χ4n) is 1.93. The van der Waals surface area contributed by atoms with E-state index in [1.807, 2.05) is 0 Å². The van der Waals surface area contributed by atoms with Crippen LogP contribution in [0.3, 0.4) is 0 Å². The molecule has 0 radical (unpaired) electrons. The monoisotopic (exact) mass is 194 g/mol. The molecule has 14 heavy (non-hydrogen) atoms. The predicted octanol–water partition coefficient (Wildman–Crippen LogP) is 2.12. The molecular weight excluding hydrogens is 179 g/mol. The lowest BCUT2D eigenvalue weighted by atomic mass is 10.2. The van der Waals surface area contributed by atoms with Gasteiger partial charge in [0, 0.05) is 17.8 Å². The molecule has 1 fully saturated rings. The van der Waals surface area contributed by atoms with E-state index in [4.69, 9.17) is 5.73 Å². The van der Waals surface area contributed by atoms with E-state index in [-0.39, 0.29) is 11.9 Å². The van der Waals surface area contributed by atoms with E-state index in [0.29, 0.717) is 6.04 Å². The molecule has 1 aromatic rings. The Hall–Kier alpha value is -1.09. The Labute approximate surface area is 83.3 Å². The molecule has 0 aliphatic heterocycles.